The summed E-state index contributed by atoms with van der Waals surface area (Å²) < 4.78 is 27.2. The molecule has 4 aliphatic carbocycles. The van der Waals surface area contributed by atoms with Crippen molar-refractivity contribution in [3.63, 3.8) is 0 Å². The van der Waals surface area contributed by atoms with Crippen LogP contribution in [0.4, 0.5) is 5.69 Å². The van der Waals surface area contributed by atoms with Gasteiger partial charge in [-0.2, -0.15) is 0 Å². The lowest BCUT2D eigenvalue weighted by molar-refractivity contribution is -0.140. The Morgan fingerprint density at radius 2 is 1.50 bits per heavy atom. The van der Waals surface area contributed by atoms with Crippen molar-refractivity contribution in [2.75, 3.05) is 23.7 Å². The van der Waals surface area contributed by atoms with Crippen LogP contribution < -0.4 is 9.62 Å². The van der Waals surface area contributed by atoms with Gasteiger partial charge in [-0.05, 0) is 98.3 Å². The highest BCUT2D eigenvalue weighted by Crippen LogP contribution is 2.60. The summed E-state index contributed by atoms with van der Waals surface area (Å²) in [6.45, 7) is 4.01. The van der Waals surface area contributed by atoms with Crippen LogP contribution in [0.3, 0.4) is 0 Å². The van der Waals surface area contributed by atoms with E-state index in [0.717, 1.165) is 29.6 Å². The molecule has 8 heteroatoms. The van der Waals surface area contributed by atoms with Gasteiger partial charge in [0.25, 0.3) is 0 Å². The van der Waals surface area contributed by atoms with E-state index < -0.39 is 22.0 Å². The molecule has 1 N–H and O–H groups in total. The highest BCUT2D eigenvalue weighted by molar-refractivity contribution is 7.92. The summed E-state index contributed by atoms with van der Waals surface area (Å²) >= 11 is 0. The number of anilines is 1. The van der Waals surface area contributed by atoms with E-state index in [4.69, 9.17) is 0 Å². The lowest BCUT2D eigenvalue weighted by atomic mass is 9.48. The number of amides is 2. The zero-order chi connectivity index (χ0) is 28.5. The van der Waals surface area contributed by atoms with Gasteiger partial charge in [0.2, 0.25) is 21.8 Å². The van der Waals surface area contributed by atoms with Crippen molar-refractivity contribution in [3.05, 3.63) is 65.7 Å². The summed E-state index contributed by atoms with van der Waals surface area (Å²) in [5.41, 5.74) is 2.88. The third kappa shape index (κ3) is 5.92. The molecule has 0 spiro atoms. The first-order valence-corrected chi connectivity index (χ1v) is 16.7. The number of likely N-dealkylation sites (N-methyl/N-ethyl adjacent to an activating group) is 1. The van der Waals surface area contributed by atoms with Crippen LogP contribution in [-0.2, 0) is 31.6 Å². The number of carbonyl (C=O) groups excluding carboxylic acids is 2. The van der Waals surface area contributed by atoms with E-state index in [1.54, 1.807) is 0 Å². The normalized spacial score (nSPS) is 25.8. The molecule has 7 nitrogen and oxygen atoms in total. The first-order chi connectivity index (χ1) is 19.1. The van der Waals surface area contributed by atoms with E-state index in [2.05, 4.69) is 17.4 Å². The molecule has 0 radical (unpaired) electrons. The molecule has 2 aromatic rings. The number of nitrogens with zero attached hydrogens (tertiary/aromatic N) is 2. The van der Waals surface area contributed by atoms with Crippen molar-refractivity contribution in [3.8, 4) is 0 Å². The molecule has 0 saturated heterocycles. The van der Waals surface area contributed by atoms with Gasteiger partial charge in [-0.25, -0.2) is 8.42 Å². The average Bonchev–Trinajstić information content (AvgIpc) is 2.91. The van der Waals surface area contributed by atoms with Gasteiger partial charge in [0, 0.05) is 13.1 Å². The van der Waals surface area contributed by atoms with Crippen LogP contribution in [0.15, 0.2) is 54.6 Å². The van der Waals surface area contributed by atoms with Crippen LogP contribution in [-0.4, -0.2) is 50.5 Å². The van der Waals surface area contributed by atoms with E-state index in [0.29, 0.717) is 18.7 Å². The zero-order valence-corrected chi connectivity index (χ0v) is 24.8. The van der Waals surface area contributed by atoms with Crippen LogP contribution in [0.25, 0.3) is 0 Å². The maximum Gasteiger partial charge on any atom is 0.244 e. The topological polar surface area (TPSA) is 86.8 Å². The van der Waals surface area contributed by atoms with Crippen LogP contribution in [0, 0.1) is 17.8 Å². The number of nitrogens with one attached hydrogen (secondary N) is 1. The summed E-state index contributed by atoms with van der Waals surface area (Å²) in [5.74, 6) is 1.83. The second kappa shape index (κ2) is 11.6. The summed E-state index contributed by atoms with van der Waals surface area (Å²) in [5, 5.41) is 2.83. The predicted octanol–water partition coefficient (Wildman–Crippen LogP) is 4.86. The van der Waals surface area contributed by atoms with Gasteiger partial charge >= 0.3 is 0 Å². The molecule has 216 valence electrons. The lowest BCUT2D eigenvalue weighted by Crippen LogP contribution is -2.52. The minimum absolute atomic E-state index is 0.215. The Morgan fingerprint density at radius 3 is 2.00 bits per heavy atom. The Kier molecular flexibility index (Phi) is 8.27. The maximum atomic E-state index is 13.8. The number of benzene rings is 2. The van der Waals surface area contributed by atoms with Crippen molar-refractivity contribution >= 4 is 27.5 Å². The molecular formula is C32H43N3O4S. The molecule has 40 heavy (non-hydrogen) atoms. The smallest absolute Gasteiger partial charge is 0.244 e. The van der Waals surface area contributed by atoms with Gasteiger partial charge in [-0.15, -0.1) is 0 Å². The Hall–Kier alpha value is -2.87. The third-order valence-corrected chi connectivity index (χ3v) is 10.6. The number of sulfonamides is 1. The van der Waals surface area contributed by atoms with Crippen molar-refractivity contribution < 1.29 is 18.0 Å². The Balaban J connectivity index is 1.40. The molecular weight excluding hydrogens is 522 g/mol. The summed E-state index contributed by atoms with van der Waals surface area (Å²) in [7, 11) is -3.75. The molecule has 4 aliphatic rings. The fourth-order valence-corrected chi connectivity index (χ4v) is 8.90. The monoisotopic (exact) mass is 565 g/mol. The summed E-state index contributed by atoms with van der Waals surface area (Å²) in [6, 6.07) is 16.7. The fraction of sp³-hybridized carbons (Fsp3) is 0.562. The minimum Gasteiger partial charge on any atom is -0.355 e. The molecule has 2 aromatic carbocycles. The predicted molar refractivity (Wildman–Crippen MR) is 158 cm³/mol. The van der Waals surface area contributed by atoms with Gasteiger partial charge < -0.3 is 10.2 Å². The lowest BCUT2D eigenvalue weighted by Gasteiger charge is -2.57. The first-order valence-electron chi connectivity index (χ1n) is 14.8. The first kappa shape index (κ1) is 28.7. The fourth-order valence-electron chi connectivity index (χ4n) is 8.05. The number of rotatable bonds is 11. The second-order valence-electron chi connectivity index (χ2n) is 12.3. The Bertz CT molecular complexity index is 1270. The largest absolute Gasteiger partial charge is 0.355 e. The van der Waals surface area contributed by atoms with E-state index >= 15 is 0 Å². The van der Waals surface area contributed by atoms with Crippen molar-refractivity contribution in [1.82, 2.24) is 10.2 Å². The highest BCUT2D eigenvalue weighted by atomic mass is 32.2. The van der Waals surface area contributed by atoms with Crippen LogP contribution in [0.2, 0.25) is 0 Å². The molecule has 4 saturated carbocycles. The van der Waals surface area contributed by atoms with E-state index in [-0.39, 0.29) is 24.4 Å². The van der Waals surface area contributed by atoms with Crippen molar-refractivity contribution in [1.29, 1.82) is 0 Å². The van der Waals surface area contributed by atoms with Crippen LogP contribution >= 0.6 is 0 Å². The average molecular weight is 566 g/mol. The number of hydrogen-bond acceptors (Lipinski definition) is 4. The van der Waals surface area contributed by atoms with E-state index in [9.17, 15) is 18.0 Å². The van der Waals surface area contributed by atoms with E-state index in [1.807, 2.05) is 56.3 Å². The molecule has 2 amide bonds. The quantitative estimate of drug-likeness (QED) is 0.422. The molecule has 6 rings (SSSR count). The van der Waals surface area contributed by atoms with Crippen LogP contribution in [0.1, 0.15) is 69.9 Å². The molecule has 0 unspecified atom stereocenters. The van der Waals surface area contributed by atoms with Gasteiger partial charge in [0.1, 0.15) is 12.6 Å². The van der Waals surface area contributed by atoms with Crippen LogP contribution in [0.5, 0.6) is 0 Å². The Morgan fingerprint density at radius 1 is 0.925 bits per heavy atom. The minimum atomic E-state index is -3.75. The van der Waals surface area contributed by atoms with Crippen molar-refractivity contribution in [2.24, 2.45) is 17.8 Å². The van der Waals surface area contributed by atoms with Gasteiger partial charge in [-0.3, -0.25) is 13.9 Å². The molecule has 0 aromatic heterocycles. The molecule has 0 heterocycles. The molecule has 0 aliphatic heterocycles. The van der Waals surface area contributed by atoms with Gasteiger partial charge in [0.05, 0.1) is 11.9 Å². The number of carbonyl (C=O) groups is 2. The Labute approximate surface area is 239 Å². The molecule has 1 atom stereocenters. The number of hydrogen-bond donors (Lipinski definition) is 1. The maximum absolute atomic E-state index is 13.8. The summed E-state index contributed by atoms with van der Waals surface area (Å²) in [6.07, 6.45) is 9.37. The second-order valence-corrected chi connectivity index (χ2v) is 14.2. The third-order valence-electron chi connectivity index (χ3n) is 9.42. The highest BCUT2D eigenvalue weighted by Gasteiger charge is 2.51. The standard InChI is InChI=1S/C32H43N3O4S/c1-4-29(31(37)33-5-2)34(21-23-9-7-6-8-10-23)30(36)22-35(40(3,38)39)28-13-11-27(12-14-28)32-18-24-15-25(19-32)17-26(16-24)20-32/h6-14,24-26,29H,4-5,15-22H2,1-3H3,(H,33,37)/t24?,25?,26?,29-,32?/m0/s1. The van der Waals surface area contributed by atoms with E-state index in [1.165, 1.54) is 53.3 Å². The SMILES string of the molecule is CCNC(=O)[C@H](CC)N(Cc1ccccc1)C(=O)CN(c1ccc(C23CC4CC(CC(C4)C2)C3)cc1)S(C)(=O)=O. The van der Waals surface area contributed by atoms with Gasteiger partial charge in [-0.1, -0.05) is 49.4 Å². The zero-order valence-electron chi connectivity index (χ0n) is 24.0. The molecule has 4 fully saturated rings. The van der Waals surface area contributed by atoms with Gasteiger partial charge in [0.15, 0.2) is 0 Å². The summed E-state index contributed by atoms with van der Waals surface area (Å²) in [4.78, 5) is 28.3. The van der Waals surface area contributed by atoms with Crippen molar-refractivity contribution in [2.45, 2.75) is 76.8 Å². The molecule has 4 bridgehead atoms.